The number of nitrogen functional groups attached to an aromatic ring is 1. The zero-order chi connectivity index (χ0) is 13.1. The van der Waals surface area contributed by atoms with Crippen molar-refractivity contribution < 1.29 is 0 Å². The number of hydrogen-bond donors (Lipinski definition) is 3. The molecule has 4 N–H and O–H groups in total. The highest BCUT2D eigenvalue weighted by Crippen LogP contribution is 2.20. The fourth-order valence-corrected chi connectivity index (χ4v) is 1.75. The zero-order valence-electron chi connectivity index (χ0n) is 9.74. The largest absolute Gasteiger partial charge is 0.398 e. The number of nitrogens with zero attached hydrogens (tertiary/aromatic N) is 2. The molecule has 0 aliphatic heterocycles. The first-order valence-corrected chi connectivity index (χ1v) is 5.64. The lowest BCUT2D eigenvalue weighted by atomic mass is 10.1. The standard InChI is InChI=1S/C12H12ClN5/c1-7-4-11(18-12(13)16-7)17-9-2-3-10(15)8(5-9)6-14/h2-6,14H,15H2,1H3,(H,16,17,18). The number of halogens is 1. The van der Waals surface area contributed by atoms with Gasteiger partial charge in [0.05, 0.1) is 0 Å². The van der Waals surface area contributed by atoms with Crippen LogP contribution in [0.25, 0.3) is 0 Å². The van der Waals surface area contributed by atoms with Crippen LogP contribution >= 0.6 is 11.6 Å². The van der Waals surface area contributed by atoms with Crippen LogP contribution in [0.2, 0.25) is 5.28 Å². The van der Waals surface area contributed by atoms with Gasteiger partial charge in [0.15, 0.2) is 0 Å². The van der Waals surface area contributed by atoms with E-state index in [9.17, 15) is 0 Å². The van der Waals surface area contributed by atoms with Gasteiger partial charge in [0, 0.05) is 34.9 Å². The second-order valence-corrected chi connectivity index (χ2v) is 4.11. The van der Waals surface area contributed by atoms with Crippen LogP contribution in [0.15, 0.2) is 24.3 Å². The Morgan fingerprint density at radius 3 is 2.78 bits per heavy atom. The van der Waals surface area contributed by atoms with Crippen molar-refractivity contribution in [2.45, 2.75) is 6.92 Å². The van der Waals surface area contributed by atoms with Crippen LogP contribution in [0.1, 0.15) is 11.3 Å². The Morgan fingerprint density at radius 2 is 2.11 bits per heavy atom. The number of anilines is 3. The molecule has 6 heteroatoms. The topological polar surface area (TPSA) is 87.7 Å². The molecule has 1 heterocycles. The molecule has 18 heavy (non-hydrogen) atoms. The third-order valence-electron chi connectivity index (χ3n) is 2.34. The van der Waals surface area contributed by atoms with E-state index in [2.05, 4.69) is 15.3 Å². The van der Waals surface area contributed by atoms with Crippen molar-refractivity contribution >= 4 is 35.0 Å². The minimum Gasteiger partial charge on any atom is -0.398 e. The van der Waals surface area contributed by atoms with Gasteiger partial charge >= 0.3 is 0 Å². The van der Waals surface area contributed by atoms with E-state index in [1.807, 2.05) is 13.0 Å². The van der Waals surface area contributed by atoms with Gasteiger partial charge in [-0.3, -0.25) is 0 Å². The number of aryl methyl sites for hydroxylation is 1. The Kier molecular flexibility index (Phi) is 3.43. The lowest BCUT2D eigenvalue weighted by Gasteiger charge is -2.08. The van der Waals surface area contributed by atoms with Gasteiger partial charge in [-0.1, -0.05) is 0 Å². The third-order valence-corrected chi connectivity index (χ3v) is 2.51. The van der Waals surface area contributed by atoms with Gasteiger partial charge in [-0.05, 0) is 36.7 Å². The monoisotopic (exact) mass is 261 g/mol. The number of nitrogens with two attached hydrogens (primary N) is 1. The van der Waals surface area contributed by atoms with Crippen molar-refractivity contribution in [2.75, 3.05) is 11.1 Å². The van der Waals surface area contributed by atoms with E-state index in [4.69, 9.17) is 22.7 Å². The first-order chi connectivity index (χ1) is 8.58. The van der Waals surface area contributed by atoms with Gasteiger partial charge in [0.1, 0.15) is 5.82 Å². The van der Waals surface area contributed by atoms with Crippen molar-refractivity contribution in [3.63, 3.8) is 0 Å². The molecule has 0 unspecified atom stereocenters. The highest BCUT2D eigenvalue weighted by atomic mass is 35.5. The highest BCUT2D eigenvalue weighted by molar-refractivity contribution is 6.28. The Balaban J connectivity index is 2.31. The van der Waals surface area contributed by atoms with Gasteiger partial charge in [-0.15, -0.1) is 0 Å². The summed E-state index contributed by atoms with van der Waals surface area (Å²) in [5.41, 5.74) is 8.49. The van der Waals surface area contributed by atoms with E-state index in [0.29, 0.717) is 17.1 Å². The van der Waals surface area contributed by atoms with Crippen molar-refractivity contribution in [3.05, 3.63) is 40.8 Å². The summed E-state index contributed by atoms with van der Waals surface area (Å²) in [6, 6.07) is 7.10. The molecule has 1 aromatic heterocycles. The Morgan fingerprint density at radius 1 is 1.33 bits per heavy atom. The third kappa shape index (κ3) is 2.75. The number of benzene rings is 1. The van der Waals surface area contributed by atoms with Crippen molar-refractivity contribution in [1.29, 1.82) is 5.41 Å². The zero-order valence-corrected chi connectivity index (χ0v) is 10.5. The Hall–Kier alpha value is -2.14. The molecular formula is C12H12ClN5. The average molecular weight is 262 g/mol. The van der Waals surface area contributed by atoms with E-state index < -0.39 is 0 Å². The molecule has 0 amide bonds. The van der Waals surface area contributed by atoms with Gasteiger partial charge in [-0.2, -0.15) is 0 Å². The Labute approximate surface area is 110 Å². The first-order valence-electron chi connectivity index (χ1n) is 5.26. The number of nitrogens with one attached hydrogen (secondary N) is 2. The lowest BCUT2D eigenvalue weighted by molar-refractivity contribution is 1.10. The van der Waals surface area contributed by atoms with E-state index in [1.165, 1.54) is 6.21 Å². The quantitative estimate of drug-likeness (QED) is 0.450. The predicted molar refractivity (Wildman–Crippen MR) is 73.8 cm³/mol. The van der Waals surface area contributed by atoms with Crippen LogP contribution in [0.4, 0.5) is 17.2 Å². The number of hydrogen-bond acceptors (Lipinski definition) is 5. The van der Waals surface area contributed by atoms with Crippen molar-refractivity contribution in [3.8, 4) is 0 Å². The first kappa shape index (κ1) is 12.3. The minimum absolute atomic E-state index is 0.195. The van der Waals surface area contributed by atoms with Crippen LogP contribution < -0.4 is 11.1 Å². The fraction of sp³-hybridized carbons (Fsp3) is 0.0833. The molecule has 92 valence electrons. The molecule has 2 aromatic rings. The summed E-state index contributed by atoms with van der Waals surface area (Å²) in [5.74, 6) is 0.605. The van der Waals surface area contributed by atoms with Crippen molar-refractivity contribution in [2.24, 2.45) is 0 Å². The summed E-state index contributed by atoms with van der Waals surface area (Å²) in [5, 5.41) is 10.5. The minimum atomic E-state index is 0.195. The molecule has 0 fully saturated rings. The van der Waals surface area contributed by atoms with Crippen molar-refractivity contribution in [1.82, 2.24) is 9.97 Å². The normalized spacial score (nSPS) is 10.1. The summed E-state index contributed by atoms with van der Waals surface area (Å²) < 4.78 is 0. The van der Waals surface area contributed by atoms with E-state index >= 15 is 0 Å². The highest BCUT2D eigenvalue weighted by Gasteiger charge is 2.02. The smallest absolute Gasteiger partial charge is 0.224 e. The average Bonchev–Trinajstić information content (AvgIpc) is 2.30. The van der Waals surface area contributed by atoms with E-state index in [-0.39, 0.29) is 5.28 Å². The van der Waals surface area contributed by atoms with Gasteiger partial charge in [0.2, 0.25) is 5.28 Å². The molecule has 0 saturated carbocycles. The van der Waals surface area contributed by atoms with Crippen LogP contribution in [-0.2, 0) is 0 Å². The van der Waals surface area contributed by atoms with Crippen LogP contribution in [0.5, 0.6) is 0 Å². The van der Waals surface area contributed by atoms with E-state index in [0.717, 1.165) is 11.4 Å². The Bertz CT molecular complexity index is 577. The summed E-state index contributed by atoms with van der Waals surface area (Å²) in [6.45, 7) is 1.84. The maximum Gasteiger partial charge on any atom is 0.224 e. The molecule has 0 aliphatic rings. The van der Waals surface area contributed by atoms with E-state index in [1.54, 1.807) is 18.2 Å². The molecule has 2 rings (SSSR count). The molecule has 1 aromatic carbocycles. The maximum absolute atomic E-state index is 7.25. The SMILES string of the molecule is Cc1cc(Nc2ccc(N)c(C=N)c2)nc(Cl)n1. The van der Waals surface area contributed by atoms with Gasteiger partial charge in [0.25, 0.3) is 0 Å². The second kappa shape index (κ2) is 5.01. The lowest BCUT2D eigenvalue weighted by Crippen LogP contribution is -1.99. The predicted octanol–water partition coefficient (Wildman–Crippen LogP) is 2.76. The van der Waals surface area contributed by atoms with Gasteiger partial charge < -0.3 is 16.5 Å². The van der Waals surface area contributed by atoms with Crippen LogP contribution in [-0.4, -0.2) is 16.2 Å². The summed E-state index contributed by atoms with van der Waals surface area (Å²) in [4.78, 5) is 8.04. The molecular weight excluding hydrogens is 250 g/mol. The molecule has 0 atom stereocenters. The summed E-state index contributed by atoms with van der Waals surface area (Å²) in [6.07, 6.45) is 1.21. The summed E-state index contributed by atoms with van der Waals surface area (Å²) in [7, 11) is 0. The van der Waals surface area contributed by atoms with Crippen LogP contribution in [0, 0.1) is 12.3 Å². The molecule has 5 nitrogen and oxygen atoms in total. The number of aromatic nitrogens is 2. The molecule has 0 radical (unpaired) electrons. The fourth-order valence-electron chi connectivity index (χ4n) is 1.52. The molecule has 0 spiro atoms. The molecule has 0 saturated heterocycles. The maximum atomic E-state index is 7.25. The molecule has 0 aliphatic carbocycles. The van der Waals surface area contributed by atoms with Gasteiger partial charge in [-0.25, -0.2) is 9.97 Å². The summed E-state index contributed by atoms with van der Waals surface area (Å²) >= 11 is 5.78. The number of rotatable bonds is 3. The second-order valence-electron chi connectivity index (χ2n) is 3.78. The molecule has 0 bridgehead atoms. The van der Waals surface area contributed by atoms with Crippen LogP contribution in [0.3, 0.4) is 0 Å².